The molecule has 0 spiro atoms. The topological polar surface area (TPSA) is 54.2 Å². The van der Waals surface area contributed by atoms with Gasteiger partial charge in [-0.25, -0.2) is 4.98 Å². The number of aliphatic imine (C=N–C) groups is 1. The number of imidazole rings is 1. The molecule has 6 heteroatoms. The molecule has 1 heterocycles. The van der Waals surface area contributed by atoms with Gasteiger partial charge in [0.25, 0.3) is 0 Å². The number of aromatic nitrogens is 2. The third kappa shape index (κ3) is 6.39. The van der Waals surface area contributed by atoms with E-state index in [1.165, 1.54) is 16.7 Å². The molecule has 142 valence electrons. The summed E-state index contributed by atoms with van der Waals surface area (Å²) in [5, 5.41) is 6.68. The van der Waals surface area contributed by atoms with Crippen molar-refractivity contribution in [3.05, 3.63) is 89.5 Å². The molecule has 1 aromatic heterocycles. The van der Waals surface area contributed by atoms with Crippen molar-refractivity contribution >= 4 is 29.9 Å². The molecular weight excluding hydrogens is 449 g/mol. The van der Waals surface area contributed by atoms with E-state index in [-0.39, 0.29) is 24.0 Å². The Balaban J connectivity index is 0.00000261. The van der Waals surface area contributed by atoms with Crippen LogP contribution in [0.3, 0.4) is 0 Å². The van der Waals surface area contributed by atoms with Crippen LogP contribution in [0.1, 0.15) is 22.5 Å². The van der Waals surface area contributed by atoms with Crippen molar-refractivity contribution in [2.75, 3.05) is 7.05 Å². The van der Waals surface area contributed by atoms with Crippen LogP contribution in [0.15, 0.2) is 72.0 Å². The summed E-state index contributed by atoms with van der Waals surface area (Å²) in [7, 11) is 1.78. The largest absolute Gasteiger partial charge is 0.352 e. The minimum absolute atomic E-state index is 0. The molecule has 27 heavy (non-hydrogen) atoms. The molecule has 0 saturated carbocycles. The van der Waals surface area contributed by atoms with E-state index >= 15 is 0 Å². The van der Waals surface area contributed by atoms with E-state index in [2.05, 4.69) is 80.6 Å². The second-order valence-electron chi connectivity index (χ2n) is 6.23. The summed E-state index contributed by atoms with van der Waals surface area (Å²) < 4.78 is 2.15. The quantitative estimate of drug-likeness (QED) is 0.325. The number of halogens is 1. The zero-order valence-corrected chi connectivity index (χ0v) is 18.1. The van der Waals surface area contributed by atoms with Crippen LogP contribution in [0.25, 0.3) is 0 Å². The summed E-state index contributed by atoms with van der Waals surface area (Å²) in [6, 6.07) is 18.9. The van der Waals surface area contributed by atoms with Crippen LogP contribution in [0.2, 0.25) is 0 Å². The van der Waals surface area contributed by atoms with Crippen molar-refractivity contribution in [1.82, 2.24) is 20.2 Å². The highest BCUT2D eigenvalue weighted by atomic mass is 127. The summed E-state index contributed by atoms with van der Waals surface area (Å²) in [4.78, 5) is 8.76. The van der Waals surface area contributed by atoms with Crippen LogP contribution in [-0.4, -0.2) is 22.6 Å². The molecule has 3 rings (SSSR count). The predicted octanol–water partition coefficient (Wildman–Crippen LogP) is 3.72. The Labute approximate surface area is 178 Å². The fourth-order valence-electron chi connectivity index (χ4n) is 2.82. The normalized spacial score (nSPS) is 11.0. The van der Waals surface area contributed by atoms with Crippen molar-refractivity contribution in [2.24, 2.45) is 4.99 Å². The van der Waals surface area contributed by atoms with E-state index in [1.807, 2.05) is 18.5 Å². The molecule has 0 atom stereocenters. The van der Waals surface area contributed by atoms with E-state index in [4.69, 9.17) is 0 Å². The third-order valence-corrected chi connectivity index (χ3v) is 4.18. The van der Waals surface area contributed by atoms with Crippen molar-refractivity contribution in [2.45, 2.75) is 26.6 Å². The molecule has 2 N–H and O–H groups in total. The van der Waals surface area contributed by atoms with E-state index in [1.54, 1.807) is 7.05 Å². The van der Waals surface area contributed by atoms with Crippen LogP contribution < -0.4 is 10.6 Å². The number of rotatable bonds is 6. The lowest BCUT2D eigenvalue weighted by atomic mass is 10.1. The SMILES string of the molecule is CN=C(NCc1cccc(C)c1)NCc1nccn1Cc1ccccc1.I. The highest BCUT2D eigenvalue weighted by molar-refractivity contribution is 14.0. The monoisotopic (exact) mass is 475 g/mol. The first-order chi connectivity index (χ1) is 12.7. The molecule has 0 aliphatic carbocycles. The van der Waals surface area contributed by atoms with Crippen LogP contribution >= 0.6 is 24.0 Å². The average Bonchev–Trinajstić information content (AvgIpc) is 3.10. The lowest BCUT2D eigenvalue weighted by molar-refractivity contribution is 0.688. The van der Waals surface area contributed by atoms with E-state index in [0.29, 0.717) is 6.54 Å². The molecular formula is C21H26IN5. The smallest absolute Gasteiger partial charge is 0.191 e. The van der Waals surface area contributed by atoms with Gasteiger partial charge in [-0.05, 0) is 18.1 Å². The second kappa shape index (κ2) is 10.7. The summed E-state index contributed by atoms with van der Waals surface area (Å²) in [5.74, 6) is 1.74. The van der Waals surface area contributed by atoms with Gasteiger partial charge in [-0.15, -0.1) is 24.0 Å². The van der Waals surface area contributed by atoms with Crippen LogP contribution in [0.4, 0.5) is 0 Å². The van der Waals surface area contributed by atoms with Crippen LogP contribution in [0, 0.1) is 6.92 Å². The maximum absolute atomic E-state index is 4.47. The van der Waals surface area contributed by atoms with E-state index in [9.17, 15) is 0 Å². The Hall–Kier alpha value is -2.35. The van der Waals surface area contributed by atoms with Crippen LogP contribution in [0.5, 0.6) is 0 Å². The first-order valence-electron chi connectivity index (χ1n) is 8.78. The summed E-state index contributed by atoms with van der Waals surface area (Å²) >= 11 is 0. The maximum atomic E-state index is 4.47. The highest BCUT2D eigenvalue weighted by Gasteiger charge is 2.05. The number of aryl methyl sites for hydroxylation is 1. The average molecular weight is 475 g/mol. The molecule has 0 radical (unpaired) electrons. The molecule has 5 nitrogen and oxygen atoms in total. The molecule has 0 unspecified atom stereocenters. The first-order valence-corrected chi connectivity index (χ1v) is 8.78. The van der Waals surface area contributed by atoms with Crippen LogP contribution in [-0.2, 0) is 19.6 Å². The van der Waals surface area contributed by atoms with E-state index in [0.717, 1.165) is 24.9 Å². The Morgan fingerprint density at radius 3 is 2.48 bits per heavy atom. The molecule has 3 aromatic rings. The second-order valence-corrected chi connectivity index (χ2v) is 6.23. The van der Waals surface area contributed by atoms with Gasteiger partial charge < -0.3 is 15.2 Å². The number of nitrogens with one attached hydrogen (secondary N) is 2. The zero-order valence-electron chi connectivity index (χ0n) is 15.7. The van der Waals surface area contributed by atoms with Crippen molar-refractivity contribution in [3.63, 3.8) is 0 Å². The molecule has 0 aliphatic heterocycles. The van der Waals surface area contributed by atoms with Crippen molar-refractivity contribution in [3.8, 4) is 0 Å². The van der Waals surface area contributed by atoms with Gasteiger partial charge >= 0.3 is 0 Å². The maximum Gasteiger partial charge on any atom is 0.191 e. The number of benzene rings is 2. The van der Waals surface area contributed by atoms with Gasteiger partial charge in [0.2, 0.25) is 0 Å². The third-order valence-electron chi connectivity index (χ3n) is 4.18. The van der Waals surface area contributed by atoms with Gasteiger partial charge in [0, 0.05) is 32.5 Å². The van der Waals surface area contributed by atoms with Gasteiger partial charge in [0.1, 0.15) is 5.82 Å². The lowest BCUT2D eigenvalue weighted by Crippen LogP contribution is -2.37. The summed E-state index contributed by atoms with van der Waals surface area (Å²) in [5.41, 5.74) is 3.75. The van der Waals surface area contributed by atoms with Crippen molar-refractivity contribution < 1.29 is 0 Å². The summed E-state index contributed by atoms with van der Waals surface area (Å²) in [6.07, 6.45) is 3.84. The minimum Gasteiger partial charge on any atom is -0.352 e. The summed E-state index contributed by atoms with van der Waals surface area (Å²) in [6.45, 7) is 4.27. The minimum atomic E-state index is 0. The van der Waals surface area contributed by atoms with Crippen molar-refractivity contribution in [1.29, 1.82) is 0 Å². The Bertz CT molecular complexity index is 858. The Kier molecular flexibility index (Phi) is 8.32. The lowest BCUT2D eigenvalue weighted by Gasteiger charge is -2.13. The molecule has 0 saturated heterocycles. The number of hydrogen-bond donors (Lipinski definition) is 2. The molecule has 0 bridgehead atoms. The van der Waals surface area contributed by atoms with Gasteiger partial charge in [-0.2, -0.15) is 0 Å². The molecule has 0 amide bonds. The molecule has 0 aliphatic rings. The Morgan fingerprint density at radius 1 is 1.00 bits per heavy atom. The molecule has 2 aromatic carbocycles. The standard InChI is InChI=1S/C21H25N5.HI/c1-17-7-6-10-19(13-17)14-24-21(22-2)25-15-20-23-11-12-26(20)16-18-8-4-3-5-9-18;/h3-13H,14-16H2,1-2H3,(H2,22,24,25);1H. The van der Waals surface area contributed by atoms with Gasteiger partial charge in [0.15, 0.2) is 5.96 Å². The highest BCUT2D eigenvalue weighted by Crippen LogP contribution is 2.06. The van der Waals surface area contributed by atoms with Gasteiger partial charge in [-0.1, -0.05) is 60.2 Å². The number of nitrogens with zero attached hydrogens (tertiary/aromatic N) is 3. The Morgan fingerprint density at radius 2 is 1.74 bits per heavy atom. The van der Waals surface area contributed by atoms with Gasteiger partial charge in [0.05, 0.1) is 6.54 Å². The molecule has 0 fully saturated rings. The van der Waals surface area contributed by atoms with E-state index < -0.39 is 0 Å². The fourth-order valence-corrected chi connectivity index (χ4v) is 2.82. The fraction of sp³-hybridized carbons (Fsp3) is 0.238. The predicted molar refractivity (Wildman–Crippen MR) is 121 cm³/mol. The number of guanidine groups is 1. The first kappa shape index (κ1) is 21.0. The number of hydrogen-bond acceptors (Lipinski definition) is 2. The zero-order chi connectivity index (χ0) is 18.2. The van der Waals surface area contributed by atoms with Gasteiger partial charge in [-0.3, -0.25) is 4.99 Å².